The molecule has 1 atom stereocenters. The minimum Gasteiger partial charge on any atom is -0.386 e. The Labute approximate surface area is 85.8 Å². The first kappa shape index (κ1) is 9.36. The molecule has 1 unspecified atom stereocenters. The zero-order valence-corrected chi connectivity index (χ0v) is 8.61. The van der Waals surface area contributed by atoms with Gasteiger partial charge in [-0.2, -0.15) is 5.10 Å². The summed E-state index contributed by atoms with van der Waals surface area (Å²) in [5.74, 6) is 0. The first-order chi connectivity index (χ1) is 6.75. The van der Waals surface area contributed by atoms with Gasteiger partial charge in [-0.05, 0) is 5.56 Å². The maximum atomic E-state index is 9.78. The number of hydrogen-bond acceptors (Lipinski definition) is 4. The quantitative estimate of drug-likeness (QED) is 0.825. The number of hydrogen-bond donors (Lipinski definition) is 1. The van der Waals surface area contributed by atoms with E-state index in [1.54, 1.807) is 17.1 Å². The van der Waals surface area contributed by atoms with Gasteiger partial charge in [-0.1, -0.05) is 0 Å². The average Bonchev–Trinajstić information content (AvgIpc) is 2.75. The van der Waals surface area contributed by atoms with E-state index in [2.05, 4.69) is 10.1 Å². The Hall–Kier alpha value is -1.20. The van der Waals surface area contributed by atoms with Gasteiger partial charge in [0.15, 0.2) is 0 Å². The predicted molar refractivity (Wildman–Crippen MR) is 54.0 cm³/mol. The molecule has 0 amide bonds. The Morgan fingerprint density at radius 3 is 3.07 bits per heavy atom. The lowest BCUT2D eigenvalue weighted by atomic mass is 10.2. The molecule has 2 rings (SSSR count). The summed E-state index contributed by atoms with van der Waals surface area (Å²) in [6.07, 6.45) is 5.42. The van der Waals surface area contributed by atoms with E-state index in [9.17, 15) is 5.11 Å². The maximum absolute atomic E-state index is 9.78. The van der Waals surface area contributed by atoms with Crippen LogP contribution in [0.1, 0.15) is 16.7 Å². The number of aromatic nitrogens is 3. The number of aryl methyl sites for hydroxylation is 1. The Bertz CT molecular complexity index is 396. The number of aliphatic hydroxyl groups is 1. The van der Waals surface area contributed by atoms with Crippen molar-refractivity contribution in [1.29, 1.82) is 0 Å². The smallest absolute Gasteiger partial charge is 0.121 e. The SMILES string of the molecule is Cn1cc(CC(O)c2nccs2)cn1. The highest BCUT2D eigenvalue weighted by atomic mass is 32.1. The van der Waals surface area contributed by atoms with Crippen molar-refractivity contribution in [3.8, 4) is 0 Å². The number of rotatable bonds is 3. The molecule has 0 spiro atoms. The molecule has 2 aromatic rings. The van der Waals surface area contributed by atoms with E-state index in [1.165, 1.54) is 11.3 Å². The highest BCUT2D eigenvalue weighted by molar-refractivity contribution is 7.09. The van der Waals surface area contributed by atoms with Crippen molar-refractivity contribution in [1.82, 2.24) is 14.8 Å². The van der Waals surface area contributed by atoms with Gasteiger partial charge in [-0.15, -0.1) is 11.3 Å². The molecule has 0 aliphatic rings. The molecule has 1 N–H and O–H groups in total. The molecule has 0 saturated carbocycles. The molecule has 0 fully saturated rings. The van der Waals surface area contributed by atoms with Crippen LogP contribution < -0.4 is 0 Å². The van der Waals surface area contributed by atoms with Crippen LogP contribution in [0.4, 0.5) is 0 Å². The van der Waals surface area contributed by atoms with Crippen LogP contribution in [0.25, 0.3) is 0 Å². The molecule has 0 saturated heterocycles. The minimum atomic E-state index is -0.515. The van der Waals surface area contributed by atoms with Crippen LogP contribution >= 0.6 is 11.3 Å². The molecular formula is C9H11N3OS. The molecule has 0 aromatic carbocycles. The molecule has 5 heteroatoms. The first-order valence-electron chi connectivity index (χ1n) is 4.30. The second kappa shape index (κ2) is 3.89. The van der Waals surface area contributed by atoms with E-state index < -0.39 is 6.10 Å². The van der Waals surface area contributed by atoms with Gasteiger partial charge in [-0.3, -0.25) is 4.68 Å². The lowest BCUT2D eigenvalue weighted by molar-refractivity contribution is 0.178. The summed E-state index contributed by atoms with van der Waals surface area (Å²) >= 11 is 1.47. The van der Waals surface area contributed by atoms with Crippen LogP contribution in [0.3, 0.4) is 0 Å². The lowest BCUT2D eigenvalue weighted by Crippen LogP contribution is -2.00. The monoisotopic (exact) mass is 209 g/mol. The standard InChI is InChI=1S/C9H11N3OS/c1-12-6-7(5-11-12)4-8(13)9-10-2-3-14-9/h2-3,5-6,8,13H,4H2,1H3. The molecule has 0 radical (unpaired) electrons. The van der Waals surface area contributed by atoms with Gasteiger partial charge in [0, 0.05) is 31.2 Å². The van der Waals surface area contributed by atoms with Crippen molar-refractivity contribution in [2.24, 2.45) is 7.05 Å². The fourth-order valence-electron chi connectivity index (χ4n) is 1.29. The van der Waals surface area contributed by atoms with E-state index in [0.717, 1.165) is 10.6 Å². The molecule has 0 aliphatic carbocycles. The summed E-state index contributed by atoms with van der Waals surface area (Å²) in [7, 11) is 1.86. The number of thiazole rings is 1. The minimum absolute atomic E-state index is 0.515. The first-order valence-corrected chi connectivity index (χ1v) is 5.18. The maximum Gasteiger partial charge on any atom is 0.121 e. The third-order valence-corrected chi connectivity index (χ3v) is 2.80. The van der Waals surface area contributed by atoms with Crippen LogP contribution in [0.2, 0.25) is 0 Å². The molecule has 2 aromatic heterocycles. The van der Waals surface area contributed by atoms with Crippen molar-refractivity contribution in [3.63, 3.8) is 0 Å². The fourth-order valence-corrected chi connectivity index (χ4v) is 1.91. The second-order valence-corrected chi connectivity index (χ2v) is 4.04. The molecule has 0 aliphatic heterocycles. The molecule has 2 heterocycles. The van der Waals surface area contributed by atoms with Crippen LogP contribution in [-0.4, -0.2) is 19.9 Å². The van der Waals surface area contributed by atoms with Gasteiger partial charge in [0.2, 0.25) is 0 Å². The van der Waals surface area contributed by atoms with Crippen molar-refractivity contribution in [3.05, 3.63) is 34.5 Å². The van der Waals surface area contributed by atoms with E-state index >= 15 is 0 Å². The van der Waals surface area contributed by atoms with Crippen molar-refractivity contribution in [2.45, 2.75) is 12.5 Å². The fraction of sp³-hybridized carbons (Fsp3) is 0.333. The van der Waals surface area contributed by atoms with Crippen LogP contribution in [-0.2, 0) is 13.5 Å². The molecule has 14 heavy (non-hydrogen) atoms. The highest BCUT2D eigenvalue weighted by Gasteiger charge is 2.11. The van der Waals surface area contributed by atoms with Crippen LogP contribution in [0.5, 0.6) is 0 Å². The predicted octanol–water partition coefficient (Wildman–Crippen LogP) is 1.15. The van der Waals surface area contributed by atoms with Crippen molar-refractivity contribution >= 4 is 11.3 Å². The van der Waals surface area contributed by atoms with Gasteiger partial charge in [0.1, 0.15) is 11.1 Å². The van der Waals surface area contributed by atoms with Gasteiger partial charge >= 0.3 is 0 Å². The average molecular weight is 209 g/mol. The Balaban J connectivity index is 2.05. The molecule has 4 nitrogen and oxygen atoms in total. The summed E-state index contributed by atoms with van der Waals surface area (Å²) in [5.41, 5.74) is 1.02. The summed E-state index contributed by atoms with van der Waals surface area (Å²) in [4.78, 5) is 4.06. The summed E-state index contributed by atoms with van der Waals surface area (Å²) in [6, 6.07) is 0. The summed E-state index contributed by atoms with van der Waals surface area (Å²) in [6.45, 7) is 0. The van der Waals surface area contributed by atoms with E-state index in [1.807, 2.05) is 18.6 Å². The largest absolute Gasteiger partial charge is 0.386 e. The number of nitrogens with zero attached hydrogens (tertiary/aromatic N) is 3. The second-order valence-electron chi connectivity index (χ2n) is 3.11. The van der Waals surface area contributed by atoms with E-state index in [0.29, 0.717) is 6.42 Å². The Morgan fingerprint density at radius 1 is 1.64 bits per heavy atom. The third kappa shape index (κ3) is 2.00. The zero-order chi connectivity index (χ0) is 9.97. The van der Waals surface area contributed by atoms with Gasteiger partial charge in [-0.25, -0.2) is 4.98 Å². The van der Waals surface area contributed by atoms with E-state index in [4.69, 9.17) is 0 Å². The van der Waals surface area contributed by atoms with E-state index in [-0.39, 0.29) is 0 Å². The Kier molecular flexibility index (Phi) is 2.60. The Morgan fingerprint density at radius 2 is 2.50 bits per heavy atom. The number of aliphatic hydroxyl groups excluding tert-OH is 1. The van der Waals surface area contributed by atoms with Crippen LogP contribution in [0.15, 0.2) is 24.0 Å². The van der Waals surface area contributed by atoms with Crippen molar-refractivity contribution < 1.29 is 5.11 Å². The topological polar surface area (TPSA) is 50.9 Å². The molecule has 74 valence electrons. The van der Waals surface area contributed by atoms with Gasteiger partial charge in [0.05, 0.1) is 6.20 Å². The zero-order valence-electron chi connectivity index (χ0n) is 7.79. The van der Waals surface area contributed by atoms with Crippen molar-refractivity contribution in [2.75, 3.05) is 0 Å². The third-order valence-electron chi connectivity index (χ3n) is 1.92. The molecular weight excluding hydrogens is 198 g/mol. The van der Waals surface area contributed by atoms with Gasteiger partial charge in [0.25, 0.3) is 0 Å². The summed E-state index contributed by atoms with van der Waals surface area (Å²) < 4.78 is 1.73. The van der Waals surface area contributed by atoms with Gasteiger partial charge < -0.3 is 5.11 Å². The lowest BCUT2D eigenvalue weighted by Gasteiger charge is -2.04. The highest BCUT2D eigenvalue weighted by Crippen LogP contribution is 2.19. The van der Waals surface area contributed by atoms with Crippen LogP contribution in [0, 0.1) is 0 Å². The molecule has 0 bridgehead atoms. The normalized spacial score (nSPS) is 13.0. The summed E-state index contributed by atoms with van der Waals surface area (Å²) in [5, 5.41) is 16.4.